The Morgan fingerprint density at radius 2 is 1.87 bits per heavy atom. The molecular formula is C36H36FN7O2. The highest BCUT2D eigenvalue weighted by Crippen LogP contribution is 2.47. The van der Waals surface area contributed by atoms with Crippen LogP contribution in [0.5, 0.6) is 11.8 Å². The number of imidazole rings is 1. The standard InChI is InChI=1S/C36H36FN7O2/c1-2-26-29(37)8-5-22-15-25(45)16-27(31(22)26)28-17-30-32(43-14-11-39-33(28)43)34(44-23-6-7-24(44)19-38-18-23)41-35(40-30)46-21-36(9-10-36)20-42-12-3-4-13-42/h1,5,8,11,14-17,23-24,38,45H,3-4,6-7,9-10,12-13,18-21H2/t23-,24+. The van der Waals surface area contributed by atoms with Crippen LogP contribution in [-0.2, 0) is 0 Å². The third-order valence-electron chi connectivity index (χ3n) is 10.6. The van der Waals surface area contributed by atoms with Crippen molar-refractivity contribution < 1.29 is 14.2 Å². The Morgan fingerprint density at radius 1 is 1.07 bits per heavy atom. The van der Waals surface area contributed by atoms with Crippen LogP contribution in [0.25, 0.3) is 38.6 Å². The number of ether oxygens (including phenoxy) is 1. The molecule has 2 aromatic carbocycles. The third-order valence-corrected chi connectivity index (χ3v) is 10.6. The first kappa shape index (κ1) is 27.8. The predicted octanol–water partition coefficient (Wildman–Crippen LogP) is 5.12. The fourth-order valence-corrected chi connectivity index (χ4v) is 8.16. The molecule has 1 saturated carbocycles. The highest BCUT2D eigenvalue weighted by atomic mass is 19.1. The number of likely N-dealkylation sites (tertiary alicyclic amines) is 1. The third kappa shape index (κ3) is 4.48. The second-order valence-electron chi connectivity index (χ2n) is 13.6. The Labute approximate surface area is 266 Å². The number of phenolic OH excluding ortho intramolecular Hbond substituents is 1. The number of pyridine rings is 1. The van der Waals surface area contributed by atoms with Gasteiger partial charge in [-0.3, -0.25) is 4.40 Å². The number of hydrogen-bond acceptors (Lipinski definition) is 8. The molecule has 0 radical (unpaired) electrons. The normalized spacial score (nSPS) is 22.2. The van der Waals surface area contributed by atoms with Crippen molar-refractivity contribution in [3.63, 3.8) is 0 Å². The minimum atomic E-state index is -0.487. The summed E-state index contributed by atoms with van der Waals surface area (Å²) in [6, 6.07) is 9.20. The fraction of sp³-hybridized carbons (Fsp3) is 0.417. The molecule has 2 N–H and O–H groups in total. The number of anilines is 1. The number of nitrogens with one attached hydrogen (secondary N) is 1. The van der Waals surface area contributed by atoms with Crippen LogP contribution in [0.15, 0.2) is 42.7 Å². The number of aromatic nitrogens is 4. The Hall–Kier alpha value is -4.46. The topological polar surface area (TPSA) is 91.1 Å². The van der Waals surface area contributed by atoms with Crippen molar-refractivity contribution in [3.8, 4) is 35.2 Å². The van der Waals surface area contributed by atoms with Crippen LogP contribution in [0.3, 0.4) is 0 Å². The van der Waals surface area contributed by atoms with E-state index in [-0.39, 0.29) is 16.7 Å². The van der Waals surface area contributed by atoms with Crippen molar-refractivity contribution in [2.24, 2.45) is 5.41 Å². The summed E-state index contributed by atoms with van der Waals surface area (Å²) in [6.07, 6.45) is 16.6. The maximum Gasteiger partial charge on any atom is 0.319 e. The number of phenols is 1. The summed E-state index contributed by atoms with van der Waals surface area (Å²) >= 11 is 0. The van der Waals surface area contributed by atoms with Crippen LogP contribution in [0.2, 0.25) is 0 Å². The highest BCUT2D eigenvalue weighted by molar-refractivity contribution is 6.06. The monoisotopic (exact) mass is 617 g/mol. The molecule has 9 nitrogen and oxygen atoms in total. The second kappa shape index (κ2) is 10.5. The number of benzene rings is 2. The second-order valence-corrected chi connectivity index (χ2v) is 13.6. The van der Waals surface area contributed by atoms with Gasteiger partial charge in [0, 0.05) is 60.5 Å². The SMILES string of the molecule is C#Cc1c(F)ccc2cc(O)cc(-c3cc4nc(OCC5(CN6CCCC6)CC5)nc(N5[C@@H]6CC[C@H]5CNC6)c4n4ccnc34)c12. The lowest BCUT2D eigenvalue weighted by Gasteiger charge is -2.37. The zero-order valence-corrected chi connectivity index (χ0v) is 25.7. The first-order valence-electron chi connectivity index (χ1n) is 16.4. The summed E-state index contributed by atoms with van der Waals surface area (Å²) in [5.41, 5.74) is 3.78. The summed E-state index contributed by atoms with van der Waals surface area (Å²) in [5, 5.41) is 15.6. The number of fused-ring (bicyclic) bond motifs is 6. The summed E-state index contributed by atoms with van der Waals surface area (Å²) in [7, 11) is 0. The number of piperazine rings is 1. The largest absolute Gasteiger partial charge is 0.508 e. The highest BCUT2D eigenvalue weighted by Gasteiger charge is 2.45. The molecular weight excluding hydrogens is 581 g/mol. The van der Waals surface area contributed by atoms with Gasteiger partial charge in [-0.15, -0.1) is 6.42 Å². The van der Waals surface area contributed by atoms with E-state index in [9.17, 15) is 5.11 Å². The van der Waals surface area contributed by atoms with E-state index in [1.807, 2.05) is 16.7 Å². The Balaban J connectivity index is 1.23. The van der Waals surface area contributed by atoms with Crippen LogP contribution < -0.4 is 15.0 Å². The number of aromatic hydroxyl groups is 1. The first-order chi connectivity index (χ1) is 22.5. The molecule has 0 unspecified atom stereocenters. The zero-order valence-electron chi connectivity index (χ0n) is 25.7. The van der Waals surface area contributed by atoms with E-state index in [0.29, 0.717) is 57.8 Å². The molecule has 4 fully saturated rings. The van der Waals surface area contributed by atoms with Gasteiger partial charge in [0.1, 0.15) is 22.7 Å². The molecule has 1 aliphatic carbocycles. The average molecular weight is 618 g/mol. The molecule has 0 amide bonds. The molecule has 234 valence electrons. The van der Waals surface area contributed by atoms with Gasteiger partial charge >= 0.3 is 6.01 Å². The van der Waals surface area contributed by atoms with E-state index in [2.05, 4.69) is 21.0 Å². The van der Waals surface area contributed by atoms with E-state index in [1.54, 1.807) is 24.4 Å². The van der Waals surface area contributed by atoms with Crippen molar-refractivity contribution in [2.75, 3.05) is 44.2 Å². The molecule has 10 heteroatoms. The zero-order chi connectivity index (χ0) is 31.0. The van der Waals surface area contributed by atoms with Gasteiger partial charge in [-0.25, -0.2) is 9.37 Å². The smallest absolute Gasteiger partial charge is 0.319 e. The van der Waals surface area contributed by atoms with Gasteiger partial charge in [-0.1, -0.05) is 12.0 Å². The Kier molecular flexibility index (Phi) is 6.37. The molecule has 9 rings (SSSR count). The molecule has 3 aliphatic heterocycles. The van der Waals surface area contributed by atoms with E-state index in [1.165, 1.54) is 32.0 Å². The summed E-state index contributed by atoms with van der Waals surface area (Å²) < 4.78 is 23.6. The van der Waals surface area contributed by atoms with Gasteiger partial charge in [0.05, 0.1) is 17.7 Å². The number of terminal acetylenes is 1. The number of rotatable bonds is 7. The lowest BCUT2D eigenvalue weighted by molar-refractivity contribution is 0.170. The molecule has 5 aromatic rings. The minimum Gasteiger partial charge on any atom is -0.508 e. The van der Waals surface area contributed by atoms with Crippen LogP contribution in [0, 0.1) is 23.6 Å². The fourth-order valence-electron chi connectivity index (χ4n) is 8.16. The van der Waals surface area contributed by atoms with Crippen LogP contribution in [0.4, 0.5) is 10.2 Å². The van der Waals surface area contributed by atoms with Gasteiger partial charge in [0.2, 0.25) is 0 Å². The van der Waals surface area contributed by atoms with E-state index in [4.69, 9.17) is 26.1 Å². The average Bonchev–Trinajstić information content (AvgIpc) is 3.34. The van der Waals surface area contributed by atoms with Gasteiger partial charge in [0.15, 0.2) is 5.82 Å². The number of nitrogens with zero attached hydrogens (tertiary/aromatic N) is 6. The summed E-state index contributed by atoms with van der Waals surface area (Å²) in [4.78, 5) is 20.0. The maximum atomic E-state index is 15.1. The maximum absolute atomic E-state index is 15.1. The first-order valence-corrected chi connectivity index (χ1v) is 16.4. The van der Waals surface area contributed by atoms with Crippen LogP contribution in [-0.4, -0.2) is 80.8 Å². The number of hydrogen-bond donors (Lipinski definition) is 2. The van der Waals surface area contributed by atoms with Gasteiger partial charge in [-0.05, 0) is 86.8 Å². The molecule has 3 saturated heterocycles. The molecule has 4 aliphatic rings. The summed E-state index contributed by atoms with van der Waals surface area (Å²) in [5.74, 6) is 2.96. The Morgan fingerprint density at radius 3 is 2.63 bits per heavy atom. The number of halogens is 1. The summed E-state index contributed by atoms with van der Waals surface area (Å²) in [6.45, 7) is 5.79. The van der Waals surface area contributed by atoms with Crippen molar-refractivity contribution >= 4 is 33.3 Å². The Bertz CT molecular complexity index is 2040. The van der Waals surface area contributed by atoms with Crippen molar-refractivity contribution in [2.45, 2.75) is 50.6 Å². The molecule has 6 heterocycles. The minimum absolute atomic E-state index is 0.0550. The predicted molar refractivity (Wildman–Crippen MR) is 176 cm³/mol. The van der Waals surface area contributed by atoms with Crippen molar-refractivity contribution in [1.29, 1.82) is 0 Å². The molecule has 0 spiro atoms. The van der Waals surface area contributed by atoms with Gasteiger partial charge in [-0.2, -0.15) is 9.97 Å². The quantitative estimate of drug-likeness (QED) is 0.244. The van der Waals surface area contributed by atoms with E-state index in [0.717, 1.165) is 56.7 Å². The lowest BCUT2D eigenvalue weighted by Crippen LogP contribution is -2.52. The molecule has 2 bridgehead atoms. The van der Waals surface area contributed by atoms with Crippen molar-refractivity contribution in [3.05, 3.63) is 54.1 Å². The van der Waals surface area contributed by atoms with E-state index >= 15 is 4.39 Å². The molecule has 46 heavy (non-hydrogen) atoms. The van der Waals surface area contributed by atoms with Gasteiger partial charge in [0.25, 0.3) is 0 Å². The molecule has 3 aromatic heterocycles. The molecule has 2 atom stereocenters. The van der Waals surface area contributed by atoms with E-state index < -0.39 is 5.82 Å². The van der Waals surface area contributed by atoms with Crippen LogP contribution in [0.1, 0.15) is 44.1 Å². The lowest BCUT2D eigenvalue weighted by atomic mass is 9.94. The van der Waals surface area contributed by atoms with Crippen molar-refractivity contribution in [1.82, 2.24) is 29.6 Å². The van der Waals surface area contributed by atoms with Crippen LogP contribution >= 0.6 is 0 Å². The van der Waals surface area contributed by atoms with Gasteiger partial charge < -0.3 is 25.0 Å².